The largest absolute Gasteiger partial charge is 0.411 e. The average molecular weight is 227 g/mol. The highest BCUT2D eigenvalue weighted by Crippen LogP contribution is 2.20. The number of hydrogen-bond donors (Lipinski definition) is 1. The fourth-order valence-electron chi connectivity index (χ4n) is 1.52. The molecule has 4 nitrogen and oxygen atoms in total. The van der Waals surface area contributed by atoms with Gasteiger partial charge in [0.2, 0.25) is 0 Å². The van der Waals surface area contributed by atoms with E-state index in [-0.39, 0.29) is 0 Å². The molecule has 0 aliphatic heterocycles. The molecule has 1 aromatic heterocycles. The van der Waals surface area contributed by atoms with Crippen molar-refractivity contribution in [1.29, 1.82) is 0 Å². The third kappa shape index (κ3) is 2.60. The van der Waals surface area contributed by atoms with E-state index in [0.717, 1.165) is 17.1 Å². The van der Waals surface area contributed by atoms with Gasteiger partial charge < -0.3 is 10.1 Å². The molecule has 2 rings (SSSR count). The summed E-state index contributed by atoms with van der Waals surface area (Å²) in [4.78, 5) is 6.28. The summed E-state index contributed by atoms with van der Waals surface area (Å²) in [6.45, 7) is 0. The number of pyridine rings is 1. The van der Waals surface area contributed by atoms with E-state index < -0.39 is 0 Å². The molecule has 86 valence electrons. The van der Waals surface area contributed by atoms with Crippen molar-refractivity contribution in [1.82, 2.24) is 4.98 Å². The van der Waals surface area contributed by atoms with Gasteiger partial charge in [0.05, 0.1) is 6.21 Å². The fourth-order valence-corrected chi connectivity index (χ4v) is 1.52. The highest BCUT2D eigenvalue weighted by atomic mass is 16.4. The molecule has 0 saturated carbocycles. The predicted molar refractivity (Wildman–Crippen MR) is 68.1 cm³/mol. The third-order valence-corrected chi connectivity index (χ3v) is 2.46. The summed E-state index contributed by atoms with van der Waals surface area (Å²) in [6.07, 6.45) is 3.01. The average Bonchev–Trinajstić information content (AvgIpc) is 2.40. The Hall–Kier alpha value is -2.36. The van der Waals surface area contributed by atoms with Crippen molar-refractivity contribution in [3.05, 3.63) is 54.2 Å². The minimum Gasteiger partial charge on any atom is -0.411 e. The van der Waals surface area contributed by atoms with Crippen LogP contribution in [0.3, 0.4) is 0 Å². The van der Waals surface area contributed by atoms with Crippen LogP contribution in [0, 0.1) is 0 Å². The summed E-state index contributed by atoms with van der Waals surface area (Å²) in [5.74, 6) is 0.839. The van der Waals surface area contributed by atoms with Gasteiger partial charge in [0.1, 0.15) is 5.82 Å². The number of hydrogen-bond acceptors (Lipinski definition) is 4. The molecule has 0 bridgehead atoms. The lowest BCUT2D eigenvalue weighted by Gasteiger charge is -2.17. The SMILES string of the molecule is CN(c1ccccc1)c1ccc(/C=N/O)cn1. The van der Waals surface area contributed by atoms with Crippen molar-refractivity contribution >= 4 is 17.7 Å². The van der Waals surface area contributed by atoms with Crippen molar-refractivity contribution in [3.8, 4) is 0 Å². The molecule has 0 unspecified atom stereocenters. The van der Waals surface area contributed by atoms with Gasteiger partial charge >= 0.3 is 0 Å². The molecule has 0 aliphatic rings. The van der Waals surface area contributed by atoms with Crippen molar-refractivity contribution in [2.75, 3.05) is 11.9 Å². The van der Waals surface area contributed by atoms with Gasteiger partial charge in [-0.25, -0.2) is 4.98 Å². The van der Waals surface area contributed by atoms with E-state index in [0.29, 0.717) is 0 Å². The maximum atomic E-state index is 8.41. The molecule has 0 atom stereocenters. The molecule has 0 aliphatic carbocycles. The topological polar surface area (TPSA) is 48.7 Å². The minimum atomic E-state index is 0.762. The zero-order chi connectivity index (χ0) is 12.1. The van der Waals surface area contributed by atoms with Gasteiger partial charge in [-0.1, -0.05) is 23.4 Å². The van der Waals surface area contributed by atoms with Gasteiger partial charge in [0.15, 0.2) is 0 Å². The second kappa shape index (κ2) is 5.12. The van der Waals surface area contributed by atoms with Crippen LogP contribution in [-0.4, -0.2) is 23.5 Å². The zero-order valence-corrected chi connectivity index (χ0v) is 9.49. The smallest absolute Gasteiger partial charge is 0.132 e. The molecule has 0 fully saturated rings. The second-order valence-electron chi connectivity index (χ2n) is 3.59. The van der Waals surface area contributed by atoms with E-state index >= 15 is 0 Å². The normalized spacial score (nSPS) is 10.6. The van der Waals surface area contributed by atoms with Gasteiger partial charge in [-0.2, -0.15) is 0 Å². The molecule has 1 heterocycles. The first-order valence-corrected chi connectivity index (χ1v) is 5.23. The van der Waals surface area contributed by atoms with Crippen LogP contribution >= 0.6 is 0 Å². The van der Waals surface area contributed by atoms with E-state index in [9.17, 15) is 0 Å². The quantitative estimate of drug-likeness (QED) is 0.498. The molecule has 2 aromatic rings. The Morgan fingerprint density at radius 2 is 1.94 bits per heavy atom. The van der Waals surface area contributed by atoms with Crippen LogP contribution in [0.15, 0.2) is 53.8 Å². The second-order valence-corrected chi connectivity index (χ2v) is 3.59. The summed E-state index contributed by atoms with van der Waals surface area (Å²) in [7, 11) is 1.96. The summed E-state index contributed by atoms with van der Waals surface area (Å²) in [5, 5.41) is 11.4. The Morgan fingerprint density at radius 1 is 1.18 bits per heavy atom. The van der Waals surface area contributed by atoms with Crippen LogP contribution in [0.1, 0.15) is 5.56 Å². The summed E-state index contributed by atoms with van der Waals surface area (Å²) in [5.41, 5.74) is 1.83. The molecule has 0 radical (unpaired) electrons. The van der Waals surface area contributed by atoms with Crippen molar-refractivity contribution in [2.45, 2.75) is 0 Å². The maximum Gasteiger partial charge on any atom is 0.132 e. The van der Waals surface area contributed by atoms with Gasteiger partial charge in [0.25, 0.3) is 0 Å². The maximum absolute atomic E-state index is 8.41. The zero-order valence-electron chi connectivity index (χ0n) is 9.49. The molecule has 0 amide bonds. The molecule has 1 aromatic carbocycles. The van der Waals surface area contributed by atoms with E-state index in [1.807, 2.05) is 54.4 Å². The van der Waals surface area contributed by atoms with Gasteiger partial charge in [-0.05, 0) is 24.3 Å². The number of oxime groups is 1. The van der Waals surface area contributed by atoms with Crippen LogP contribution in [0.5, 0.6) is 0 Å². The first-order valence-electron chi connectivity index (χ1n) is 5.23. The first-order chi connectivity index (χ1) is 8.31. The van der Waals surface area contributed by atoms with Crippen molar-refractivity contribution in [3.63, 3.8) is 0 Å². The Bertz CT molecular complexity index is 494. The standard InChI is InChI=1S/C13H13N3O/c1-16(12-5-3-2-4-6-12)13-8-7-11(9-14-13)10-15-17/h2-10,17H,1H3/b15-10+. The van der Waals surface area contributed by atoms with Crippen LogP contribution in [0.25, 0.3) is 0 Å². The van der Waals surface area contributed by atoms with E-state index in [1.165, 1.54) is 6.21 Å². The molecule has 1 N–H and O–H groups in total. The van der Waals surface area contributed by atoms with E-state index in [1.54, 1.807) is 6.20 Å². The molecule has 0 saturated heterocycles. The summed E-state index contributed by atoms with van der Waals surface area (Å²) < 4.78 is 0. The Morgan fingerprint density at radius 3 is 2.53 bits per heavy atom. The highest BCUT2D eigenvalue weighted by molar-refractivity contribution is 5.79. The minimum absolute atomic E-state index is 0.762. The number of aromatic nitrogens is 1. The van der Waals surface area contributed by atoms with Gasteiger partial charge in [0, 0.05) is 24.5 Å². The number of para-hydroxylation sites is 1. The number of anilines is 2. The van der Waals surface area contributed by atoms with Crippen LogP contribution in [0.4, 0.5) is 11.5 Å². The molecule has 0 spiro atoms. The Kier molecular flexibility index (Phi) is 3.35. The predicted octanol–water partition coefficient (Wildman–Crippen LogP) is 2.66. The van der Waals surface area contributed by atoms with E-state index in [4.69, 9.17) is 5.21 Å². The molecule has 17 heavy (non-hydrogen) atoms. The first kappa shape index (κ1) is 11.1. The lowest BCUT2D eigenvalue weighted by atomic mass is 10.2. The van der Waals surface area contributed by atoms with Crippen LogP contribution in [-0.2, 0) is 0 Å². The van der Waals surface area contributed by atoms with Gasteiger partial charge in [-0.3, -0.25) is 0 Å². The van der Waals surface area contributed by atoms with E-state index in [2.05, 4.69) is 10.1 Å². The van der Waals surface area contributed by atoms with Gasteiger partial charge in [-0.15, -0.1) is 0 Å². The Balaban J connectivity index is 2.23. The van der Waals surface area contributed by atoms with Crippen molar-refractivity contribution < 1.29 is 5.21 Å². The van der Waals surface area contributed by atoms with Crippen molar-refractivity contribution in [2.24, 2.45) is 5.16 Å². The van der Waals surface area contributed by atoms with Crippen LogP contribution < -0.4 is 4.90 Å². The van der Waals surface area contributed by atoms with Crippen LogP contribution in [0.2, 0.25) is 0 Å². The Labute approximate surface area is 99.8 Å². The monoisotopic (exact) mass is 227 g/mol. The summed E-state index contributed by atoms with van der Waals surface area (Å²) >= 11 is 0. The summed E-state index contributed by atoms with van der Waals surface area (Å²) in [6, 6.07) is 13.7. The lowest BCUT2D eigenvalue weighted by Crippen LogP contribution is -2.10. The molecule has 4 heteroatoms. The number of benzene rings is 1. The number of rotatable bonds is 3. The highest BCUT2D eigenvalue weighted by Gasteiger charge is 2.03. The molecular weight excluding hydrogens is 214 g/mol. The third-order valence-electron chi connectivity index (χ3n) is 2.46. The lowest BCUT2D eigenvalue weighted by molar-refractivity contribution is 0.322. The fraction of sp³-hybridized carbons (Fsp3) is 0.0769. The number of nitrogens with zero attached hydrogens (tertiary/aromatic N) is 3. The molecular formula is C13H13N3O.